The van der Waals surface area contributed by atoms with E-state index in [-0.39, 0.29) is 22.7 Å². The Bertz CT molecular complexity index is 1120. The second kappa shape index (κ2) is 6.60. The molecule has 0 aliphatic rings. The summed E-state index contributed by atoms with van der Waals surface area (Å²) in [6.07, 6.45) is 1.70. The van der Waals surface area contributed by atoms with E-state index in [0.29, 0.717) is 0 Å². The number of nitro benzene ring substituents is 1. The van der Waals surface area contributed by atoms with Crippen molar-refractivity contribution in [1.29, 1.82) is 0 Å². The van der Waals surface area contributed by atoms with E-state index in [1.807, 2.05) is 35.1 Å². The lowest BCUT2D eigenvalue weighted by molar-refractivity contribution is -0.385. The van der Waals surface area contributed by atoms with Crippen LogP contribution < -0.4 is 4.72 Å². The molecule has 134 valence electrons. The Balaban J connectivity index is 1.81. The fraction of sp³-hybridized carbons (Fsp3) is 0.118. The number of non-ortho nitro benzene ring substituents is 1. The van der Waals surface area contributed by atoms with E-state index in [1.165, 1.54) is 6.92 Å². The van der Waals surface area contributed by atoms with Gasteiger partial charge in [0.05, 0.1) is 9.82 Å². The van der Waals surface area contributed by atoms with E-state index in [1.54, 1.807) is 10.8 Å². The van der Waals surface area contributed by atoms with Gasteiger partial charge in [-0.3, -0.25) is 14.9 Å². The molecule has 0 unspecified atom stereocenters. The van der Waals surface area contributed by atoms with Gasteiger partial charge in [-0.05, 0) is 36.1 Å². The monoisotopic (exact) mass is 373 g/mol. The number of rotatable bonds is 5. The number of nitrogens with zero attached hydrogens (tertiary/aromatic N) is 2. The predicted molar refractivity (Wildman–Crippen MR) is 95.1 cm³/mol. The van der Waals surface area contributed by atoms with Gasteiger partial charge in [0.2, 0.25) is 0 Å². The van der Waals surface area contributed by atoms with Crippen LogP contribution in [-0.4, -0.2) is 23.8 Å². The molecule has 26 heavy (non-hydrogen) atoms. The van der Waals surface area contributed by atoms with Crippen molar-refractivity contribution in [1.82, 2.24) is 9.29 Å². The molecule has 2 aromatic carbocycles. The molecule has 1 N–H and O–H groups in total. The number of carbonyl (C=O) groups is 1. The molecule has 0 saturated heterocycles. The maximum Gasteiger partial charge on any atom is 0.269 e. The topological polar surface area (TPSA) is 111 Å². The third-order valence-electron chi connectivity index (χ3n) is 3.90. The number of sulfonamides is 1. The first-order valence-electron chi connectivity index (χ1n) is 7.62. The summed E-state index contributed by atoms with van der Waals surface area (Å²) < 4.78 is 28.5. The number of hydrogen-bond acceptors (Lipinski definition) is 5. The van der Waals surface area contributed by atoms with Crippen LogP contribution >= 0.6 is 0 Å². The number of nitrogens with one attached hydrogen (secondary N) is 1. The molecule has 0 atom stereocenters. The number of hydrogen-bond donors (Lipinski definition) is 1. The van der Waals surface area contributed by atoms with Gasteiger partial charge >= 0.3 is 0 Å². The van der Waals surface area contributed by atoms with E-state index in [0.717, 1.165) is 29.1 Å². The minimum absolute atomic E-state index is 0.168. The van der Waals surface area contributed by atoms with E-state index >= 15 is 0 Å². The Morgan fingerprint density at radius 1 is 1.19 bits per heavy atom. The number of carbonyl (C=O) groups excluding carboxylic acids is 1. The van der Waals surface area contributed by atoms with E-state index in [2.05, 4.69) is 0 Å². The van der Waals surface area contributed by atoms with E-state index < -0.39 is 20.9 Å². The second-order valence-electron chi connectivity index (χ2n) is 5.74. The predicted octanol–water partition coefficient (Wildman–Crippen LogP) is 2.36. The van der Waals surface area contributed by atoms with Crippen molar-refractivity contribution in [2.45, 2.75) is 18.4 Å². The second-order valence-corrected chi connectivity index (χ2v) is 7.39. The number of fused-ring (bicyclic) bond motifs is 1. The van der Waals surface area contributed by atoms with E-state index in [9.17, 15) is 23.3 Å². The van der Waals surface area contributed by atoms with Crippen LogP contribution in [-0.2, 0) is 21.4 Å². The van der Waals surface area contributed by atoms with Crippen LogP contribution in [0.5, 0.6) is 0 Å². The Labute approximate surface area is 149 Å². The largest absolute Gasteiger partial charge is 0.338 e. The zero-order chi connectivity index (χ0) is 18.9. The van der Waals surface area contributed by atoms with Crippen LogP contribution in [0.15, 0.2) is 59.6 Å². The highest BCUT2D eigenvalue weighted by Gasteiger charge is 2.22. The van der Waals surface area contributed by atoms with Gasteiger partial charge < -0.3 is 4.57 Å². The number of benzene rings is 2. The quantitative estimate of drug-likeness (QED) is 0.545. The van der Waals surface area contributed by atoms with Crippen molar-refractivity contribution in [3.63, 3.8) is 0 Å². The summed E-state index contributed by atoms with van der Waals surface area (Å²) in [5.74, 6) is -0.705. The van der Waals surface area contributed by atoms with Gasteiger partial charge in [-0.25, -0.2) is 13.1 Å². The molecule has 0 saturated carbocycles. The van der Waals surface area contributed by atoms with Crippen LogP contribution in [0.25, 0.3) is 10.9 Å². The van der Waals surface area contributed by atoms with Crippen molar-refractivity contribution in [3.8, 4) is 0 Å². The van der Waals surface area contributed by atoms with Crippen LogP contribution in [0, 0.1) is 17.0 Å². The fourth-order valence-electron chi connectivity index (χ4n) is 2.72. The molecule has 8 nitrogen and oxygen atoms in total. The summed E-state index contributed by atoms with van der Waals surface area (Å²) in [5, 5.41) is 11.7. The van der Waals surface area contributed by atoms with Crippen LogP contribution in [0.4, 0.5) is 5.69 Å². The maximum absolute atomic E-state index is 12.4. The number of amides is 1. The Morgan fingerprint density at radius 2 is 1.92 bits per heavy atom. The van der Waals surface area contributed by atoms with Gasteiger partial charge in [0, 0.05) is 23.8 Å². The molecule has 0 bridgehead atoms. The SMILES string of the molecule is Cc1cc([N+](=O)[O-])ccc1S(=O)(=O)NC(=O)Cn1ccc2ccccc21. The Kier molecular flexibility index (Phi) is 4.47. The highest BCUT2D eigenvalue weighted by atomic mass is 32.2. The molecule has 0 radical (unpaired) electrons. The van der Waals surface area contributed by atoms with Crippen molar-refractivity contribution >= 4 is 32.5 Å². The standard InChI is InChI=1S/C17H15N3O5S/c1-12-10-14(20(22)23)6-7-16(12)26(24,25)18-17(21)11-19-9-8-13-4-2-3-5-15(13)19/h2-10H,11H2,1H3,(H,18,21). The van der Waals surface area contributed by atoms with Crippen molar-refractivity contribution in [2.75, 3.05) is 0 Å². The smallest absolute Gasteiger partial charge is 0.269 e. The molecule has 3 aromatic rings. The molecule has 9 heteroatoms. The lowest BCUT2D eigenvalue weighted by Gasteiger charge is -2.10. The number of aryl methyl sites for hydroxylation is 1. The maximum atomic E-state index is 12.4. The molecule has 0 aliphatic heterocycles. The van der Waals surface area contributed by atoms with Crippen molar-refractivity contribution in [3.05, 3.63) is 70.4 Å². The summed E-state index contributed by atoms with van der Waals surface area (Å²) in [6, 6.07) is 12.6. The summed E-state index contributed by atoms with van der Waals surface area (Å²) in [7, 11) is -4.12. The third kappa shape index (κ3) is 3.42. The van der Waals surface area contributed by atoms with Crippen LogP contribution in [0.1, 0.15) is 5.56 Å². The molecule has 3 rings (SSSR count). The highest BCUT2D eigenvalue weighted by molar-refractivity contribution is 7.90. The van der Waals surface area contributed by atoms with Gasteiger partial charge in [0.25, 0.3) is 21.6 Å². The molecular weight excluding hydrogens is 358 g/mol. The van der Waals surface area contributed by atoms with Gasteiger partial charge in [-0.2, -0.15) is 0 Å². The number of para-hydroxylation sites is 1. The lowest BCUT2D eigenvalue weighted by Crippen LogP contribution is -2.33. The zero-order valence-electron chi connectivity index (χ0n) is 13.7. The summed E-state index contributed by atoms with van der Waals surface area (Å²) in [5.41, 5.74) is 0.782. The molecule has 1 heterocycles. The summed E-state index contributed by atoms with van der Waals surface area (Å²) >= 11 is 0. The molecule has 1 amide bonds. The zero-order valence-corrected chi connectivity index (χ0v) is 14.6. The summed E-state index contributed by atoms with van der Waals surface area (Å²) in [6.45, 7) is 1.27. The lowest BCUT2D eigenvalue weighted by atomic mass is 10.2. The minimum Gasteiger partial charge on any atom is -0.338 e. The van der Waals surface area contributed by atoms with Gasteiger partial charge in [-0.1, -0.05) is 18.2 Å². The Morgan fingerprint density at radius 3 is 2.62 bits per heavy atom. The van der Waals surface area contributed by atoms with Crippen molar-refractivity contribution in [2.24, 2.45) is 0 Å². The summed E-state index contributed by atoms with van der Waals surface area (Å²) in [4.78, 5) is 22.2. The van der Waals surface area contributed by atoms with Gasteiger partial charge in [-0.15, -0.1) is 0 Å². The molecule has 0 fully saturated rings. The van der Waals surface area contributed by atoms with E-state index in [4.69, 9.17) is 0 Å². The van der Waals surface area contributed by atoms with Crippen LogP contribution in [0.3, 0.4) is 0 Å². The first kappa shape index (κ1) is 17.6. The van der Waals surface area contributed by atoms with Crippen LogP contribution in [0.2, 0.25) is 0 Å². The Hall–Kier alpha value is -3.20. The van der Waals surface area contributed by atoms with Gasteiger partial charge in [0.15, 0.2) is 0 Å². The minimum atomic E-state index is -4.12. The molecule has 1 aromatic heterocycles. The first-order valence-corrected chi connectivity index (χ1v) is 9.11. The van der Waals surface area contributed by atoms with Crippen molar-refractivity contribution < 1.29 is 18.1 Å². The number of nitro groups is 1. The average molecular weight is 373 g/mol. The number of aromatic nitrogens is 1. The fourth-order valence-corrected chi connectivity index (χ4v) is 3.92. The molecule has 0 spiro atoms. The normalized spacial score (nSPS) is 11.4. The first-order chi connectivity index (χ1) is 12.3. The highest BCUT2D eigenvalue weighted by Crippen LogP contribution is 2.21. The molecular formula is C17H15N3O5S. The van der Waals surface area contributed by atoms with Gasteiger partial charge in [0.1, 0.15) is 6.54 Å². The average Bonchev–Trinajstić information content (AvgIpc) is 2.97. The third-order valence-corrected chi connectivity index (χ3v) is 5.43. The molecule has 0 aliphatic carbocycles.